The normalized spacial score (nSPS) is 9.00. The van der Waals surface area contributed by atoms with Crippen molar-refractivity contribution in [2.45, 2.75) is 53.4 Å². The Morgan fingerprint density at radius 1 is 0.938 bits per heavy atom. The maximum atomic E-state index is 10.8. The number of likely N-dealkylation sites (N-methyl/N-ethyl adjacent to an activating group) is 1. The number of hydrogen-bond donors (Lipinski definition) is 1. The fourth-order valence-corrected chi connectivity index (χ4v) is 1.17. The fraction of sp³-hybridized carbons (Fsp3) is 0.833. The molecule has 0 saturated heterocycles. The molecule has 0 aliphatic heterocycles. The van der Waals surface area contributed by atoms with Gasteiger partial charge in [0.05, 0.1) is 0 Å². The molecule has 0 spiro atoms. The van der Waals surface area contributed by atoms with Gasteiger partial charge in [-0.3, -0.25) is 9.59 Å². The number of unbranched alkanes of at least 4 members (excludes halogenated alkanes) is 3. The Morgan fingerprint density at radius 2 is 1.31 bits per heavy atom. The third-order valence-electron chi connectivity index (χ3n) is 2.22. The average molecular weight is 230 g/mol. The van der Waals surface area contributed by atoms with E-state index in [1.165, 1.54) is 30.6 Å². The highest BCUT2D eigenvalue weighted by Crippen LogP contribution is 1.95. The zero-order valence-corrected chi connectivity index (χ0v) is 11.1. The molecule has 0 rings (SSSR count). The van der Waals surface area contributed by atoms with Crippen molar-refractivity contribution in [2.75, 3.05) is 13.1 Å². The molecule has 0 aromatic carbocycles. The summed E-state index contributed by atoms with van der Waals surface area (Å²) in [5.74, 6) is -1.49. The summed E-state index contributed by atoms with van der Waals surface area (Å²) in [4.78, 5) is 22.4. The highest BCUT2D eigenvalue weighted by Gasteiger charge is 2.14. The van der Waals surface area contributed by atoms with Crippen LogP contribution in [-0.4, -0.2) is 29.8 Å². The lowest BCUT2D eigenvalue weighted by Gasteiger charge is -2.15. The number of hydrogen-bond acceptors (Lipinski definition) is 2. The van der Waals surface area contributed by atoms with E-state index in [1.54, 1.807) is 13.8 Å². The lowest BCUT2D eigenvalue weighted by atomic mass is 10.2. The van der Waals surface area contributed by atoms with Crippen molar-refractivity contribution in [1.29, 1.82) is 0 Å². The summed E-state index contributed by atoms with van der Waals surface area (Å²) in [5.41, 5.74) is 4.76. The zero-order chi connectivity index (χ0) is 13.0. The first-order valence-corrected chi connectivity index (χ1v) is 6.13. The van der Waals surface area contributed by atoms with E-state index in [0.717, 1.165) is 0 Å². The molecular weight excluding hydrogens is 204 g/mol. The molecule has 0 fully saturated rings. The van der Waals surface area contributed by atoms with E-state index in [4.69, 9.17) is 5.73 Å². The molecule has 16 heavy (non-hydrogen) atoms. The van der Waals surface area contributed by atoms with Gasteiger partial charge in [0.1, 0.15) is 0 Å². The number of carbonyl (C=O) groups is 2. The van der Waals surface area contributed by atoms with Crippen LogP contribution in [0.25, 0.3) is 0 Å². The number of nitrogens with zero attached hydrogens (tertiary/aromatic N) is 1. The summed E-state index contributed by atoms with van der Waals surface area (Å²) in [6.07, 6.45) is 5.54. The molecule has 0 saturated carbocycles. The van der Waals surface area contributed by atoms with E-state index in [2.05, 4.69) is 13.8 Å². The van der Waals surface area contributed by atoms with Gasteiger partial charge in [-0.05, 0) is 13.8 Å². The predicted molar refractivity (Wildman–Crippen MR) is 66.9 cm³/mol. The second-order valence-electron chi connectivity index (χ2n) is 3.55. The highest BCUT2D eigenvalue weighted by atomic mass is 16.2. The molecule has 0 aromatic rings. The summed E-state index contributed by atoms with van der Waals surface area (Å²) in [7, 11) is 0. The molecule has 0 bridgehead atoms. The van der Waals surface area contributed by atoms with Crippen molar-refractivity contribution >= 4 is 11.8 Å². The molecule has 96 valence electrons. The fourth-order valence-electron chi connectivity index (χ4n) is 1.17. The Labute approximate surface area is 99.2 Å². The van der Waals surface area contributed by atoms with E-state index < -0.39 is 11.8 Å². The Kier molecular flexibility index (Phi) is 13.0. The Hall–Kier alpha value is -1.06. The number of nitrogens with two attached hydrogens (primary N) is 1. The zero-order valence-electron chi connectivity index (χ0n) is 11.1. The van der Waals surface area contributed by atoms with Crippen LogP contribution in [-0.2, 0) is 9.59 Å². The van der Waals surface area contributed by atoms with Crippen LogP contribution in [0.1, 0.15) is 53.4 Å². The molecule has 0 aromatic heterocycles. The molecule has 0 unspecified atom stereocenters. The number of carbonyl (C=O) groups excluding carboxylic acids is 2. The van der Waals surface area contributed by atoms with Gasteiger partial charge in [-0.2, -0.15) is 0 Å². The molecular formula is C12H26N2O2. The maximum Gasteiger partial charge on any atom is 0.311 e. The molecule has 0 heterocycles. The van der Waals surface area contributed by atoms with Crippen LogP contribution in [0.2, 0.25) is 0 Å². The summed E-state index contributed by atoms with van der Waals surface area (Å²) in [6, 6.07) is 0. The number of rotatable bonds is 5. The predicted octanol–water partition coefficient (Wildman–Crippen LogP) is 1.93. The minimum Gasteiger partial charge on any atom is -0.361 e. The van der Waals surface area contributed by atoms with Crippen molar-refractivity contribution in [2.24, 2.45) is 5.73 Å². The summed E-state index contributed by atoms with van der Waals surface area (Å²) in [6.45, 7) is 9.11. The van der Waals surface area contributed by atoms with Gasteiger partial charge in [-0.15, -0.1) is 0 Å². The lowest BCUT2D eigenvalue weighted by molar-refractivity contribution is -0.143. The molecule has 4 nitrogen and oxygen atoms in total. The Morgan fingerprint density at radius 3 is 1.44 bits per heavy atom. The second kappa shape index (κ2) is 12.0. The van der Waals surface area contributed by atoms with E-state index in [1.807, 2.05) is 0 Å². The first kappa shape index (κ1) is 17.3. The number of amides is 2. The lowest BCUT2D eigenvalue weighted by Crippen LogP contribution is -2.39. The largest absolute Gasteiger partial charge is 0.361 e. The van der Waals surface area contributed by atoms with Gasteiger partial charge in [0.25, 0.3) is 0 Å². The van der Waals surface area contributed by atoms with Crippen LogP contribution in [0.3, 0.4) is 0 Å². The van der Waals surface area contributed by atoms with Gasteiger partial charge in [0.15, 0.2) is 0 Å². The van der Waals surface area contributed by atoms with Gasteiger partial charge >= 0.3 is 11.8 Å². The van der Waals surface area contributed by atoms with Crippen LogP contribution in [0.15, 0.2) is 0 Å². The van der Waals surface area contributed by atoms with Crippen molar-refractivity contribution in [1.82, 2.24) is 4.90 Å². The maximum absolute atomic E-state index is 10.8. The van der Waals surface area contributed by atoms with Crippen LogP contribution < -0.4 is 5.73 Å². The number of primary amides is 1. The van der Waals surface area contributed by atoms with Crippen molar-refractivity contribution in [3.63, 3.8) is 0 Å². The molecule has 2 amide bonds. The minimum atomic E-state index is -0.885. The average Bonchev–Trinajstić information content (AvgIpc) is 2.28. The van der Waals surface area contributed by atoms with E-state index in [-0.39, 0.29) is 0 Å². The molecule has 2 N–H and O–H groups in total. The summed E-state index contributed by atoms with van der Waals surface area (Å²) < 4.78 is 0. The SMILES string of the molecule is CCCCCC.CCN(CC)C(=O)C(N)=O. The van der Waals surface area contributed by atoms with Crippen LogP contribution >= 0.6 is 0 Å². The van der Waals surface area contributed by atoms with E-state index >= 15 is 0 Å². The van der Waals surface area contributed by atoms with Crippen LogP contribution in [0.4, 0.5) is 0 Å². The van der Waals surface area contributed by atoms with Gasteiger partial charge < -0.3 is 10.6 Å². The van der Waals surface area contributed by atoms with Gasteiger partial charge in [-0.1, -0.05) is 39.5 Å². The monoisotopic (exact) mass is 230 g/mol. The third-order valence-corrected chi connectivity index (χ3v) is 2.22. The van der Waals surface area contributed by atoms with Crippen molar-refractivity contribution in [3.8, 4) is 0 Å². The van der Waals surface area contributed by atoms with E-state index in [9.17, 15) is 9.59 Å². The van der Waals surface area contributed by atoms with Gasteiger partial charge in [0, 0.05) is 13.1 Å². The quantitative estimate of drug-likeness (QED) is 0.579. The standard InChI is InChI=1S/C6H12N2O2.C6H14/c1-3-8(4-2)6(10)5(7)9;1-3-5-6-4-2/h3-4H2,1-2H3,(H2,7,9);3-6H2,1-2H3. The Bertz CT molecular complexity index is 185. The Balaban J connectivity index is 0. The smallest absolute Gasteiger partial charge is 0.311 e. The topological polar surface area (TPSA) is 63.4 Å². The second-order valence-corrected chi connectivity index (χ2v) is 3.55. The van der Waals surface area contributed by atoms with Crippen LogP contribution in [0.5, 0.6) is 0 Å². The molecule has 0 radical (unpaired) electrons. The minimum absolute atomic E-state index is 0.526. The highest BCUT2D eigenvalue weighted by molar-refractivity contribution is 6.34. The van der Waals surface area contributed by atoms with Gasteiger partial charge in [0.2, 0.25) is 0 Å². The third kappa shape index (κ3) is 9.49. The van der Waals surface area contributed by atoms with Crippen molar-refractivity contribution in [3.05, 3.63) is 0 Å². The van der Waals surface area contributed by atoms with E-state index in [0.29, 0.717) is 13.1 Å². The summed E-state index contributed by atoms with van der Waals surface area (Å²) >= 11 is 0. The molecule has 0 aliphatic rings. The van der Waals surface area contributed by atoms with Crippen molar-refractivity contribution < 1.29 is 9.59 Å². The van der Waals surface area contributed by atoms with Gasteiger partial charge in [-0.25, -0.2) is 0 Å². The molecule has 0 aliphatic carbocycles. The molecule has 4 heteroatoms. The molecule has 0 atom stereocenters. The first-order chi connectivity index (χ1) is 7.54. The summed E-state index contributed by atoms with van der Waals surface area (Å²) in [5, 5.41) is 0. The van der Waals surface area contributed by atoms with Crippen LogP contribution in [0, 0.1) is 0 Å². The first-order valence-electron chi connectivity index (χ1n) is 6.13.